The third kappa shape index (κ3) is 15.2. The number of hydrogen-bond acceptors (Lipinski definition) is 17. The van der Waals surface area contributed by atoms with E-state index < -0.39 is 35.9 Å². The van der Waals surface area contributed by atoms with Gasteiger partial charge in [0.1, 0.15) is 41.9 Å². The molecule has 4 aromatic carbocycles. The van der Waals surface area contributed by atoms with Crippen LogP contribution in [0.5, 0.6) is 23.5 Å². The Bertz CT molecular complexity index is 3530. The van der Waals surface area contributed by atoms with Gasteiger partial charge in [-0.2, -0.15) is 73.3 Å². The average molecular weight is 1280 g/mol. The Morgan fingerprint density at radius 1 is 0.573 bits per heavy atom. The van der Waals surface area contributed by atoms with Crippen molar-refractivity contribution in [1.29, 1.82) is 0 Å². The highest BCUT2D eigenvalue weighted by Gasteiger charge is 2.45. The number of hydrogen-bond donors (Lipinski definition) is 3. The Hall–Kier alpha value is -7.59. The molecule has 0 spiro atoms. The highest BCUT2D eigenvalue weighted by Crippen LogP contribution is 2.39. The summed E-state index contributed by atoms with van der Waals surface area (Å²) in [5.41, 5.74) is 4.40. The first kappa shape index (κ1) is 65.8. The second-order valence-corrected chi connectivity index (χ2v) is 23.7. The topological polar surface area (TPSA) is 206 Å². The van der Waals surface area contributed by atoms with Crippen LogP contribution in [0.4, 0.5) is 54.1 Å². The van der Waals surface area contributed by atoms with Crippen LogP contribution < -0.4 is 34.4 Å². The molecule has 28 heteroatoms. The van der Waals surface area contributed by atoms with Crippen LogP contribution in [0.15, 0.2) is 72.8 Å². The summed E-state index contributed by atoms with van der Waals surface area (Å²) in [5.74, 6) is -2.10. The van der Waals surface area contributed by atoms with Crippen LogP contribution in [0, 0.1) is 0 Å². The molecule has 2 aromatic heterocycles. The molecule has 0 bridgehead atoms. The van der Waals surface area contributed by atoms with Gasteiger partial charge in [-0.3, -0.25) is 9.59 Å². The van der Waals surface area contributed by atoms with Gasteiger partial charge in [0, 0.05) is 123 Å². The second-order valence-electron chi connectivity index (χ2n) is 23.7. The summed E-state index contributed by atoms with van der Waals surface area (Å²) in [6.07, 6.45) is -5.44. The van der Waals surface area contributed by atoms with Crippen LogP contribution in [0.3, 0.4) is 0 Å². The fourth-order valence-corrected chi connectivity index (χ4v) is 12.3. The maximum absolute atomic E-state index is 13.1. The van der Waals surface area contributed by atoms with E-state index in [0.717, 1.165) is 91.8 Å². The molecule has 4 saturated heterocycles. The van der Waals surface area contributed by atoms with E-state index in [1.54, 1.807) is 29.2 Å². The van der Waals surface area contributed by atoms with Gasteiger partial charge in [-0.15, -0.1) is 0 Å². The van der Waals surface area contributed by atoms with Crippen LogP contribution in [-0.2, 0) is 40.3 Å². The Labute approximate surface area is 525 Å². The fourth-order valence-electron chi connectivity index (χ4n) is 12.3. The summed E-state index contributed by atoms with van der Waals surface area (Å²) < 4.78 is 96.0. The van der Waals surface area contributed by atoms with Crippen molar-refractivity contribution in [2.45, 2.75) is 102 Å². The zero-order valence-corrected chi connectivity index (χ0v) is 51.7. The van der Waals surface area contributed by atoms with Crippen LogP contribution in [0.25, 0.3) is 21.5 Å². The molecule has 6 aliphatic heterocycles. The molecule has 8 heterocycles. The van der Waals surface area contributed by atoms with Crippen LogP contribution >= 0.6 is 27.0 Å². The molecule has 3 N–H and O–H groups in total. The maximum Gasteiger partial charge on any atom is 0.471 e. The lowest BCUT2D eigenvalue weighted by Crippen LogP contribution is -2.53. The Morgan fingerprint density at radius 2 is 1.03 bits per heavy atom. The number of phenols is 2. The number of aromatic hydroxyl groups is 2. The van der Waals surface area contributed by atoms with E-state index in [-0.39, 0.29) is 122 Å². The van der Waals surface area contributed by atoms with E-state index in [1.807, 2.05) is 79.1 Å². The van der Waals surface area contributed by atoms with E-state index in [1.165, 1.54) is 0 Å². The zero-order chi connectivity index (χ0) is 61.4. The number of ether oxygens (including phenoxy) is 3. The van der Waals surface area contributed by atoms with Crippen molar-refractivity contribution in [3.63, 3.8) is 0 Å². The monoisotopic (exact) mass is 1280 g/mol. The number of likely N-dealkylation sites (tertiary alicyclic amines) is 1. The molecule has 480 valence electrons. The molecule has 89 heavy (non-hydrogen) atoms. The number of amides is 3. The van der Waals surface area contributed by atoms with Gasteiger partial charge >= 0.3 is 42.3 Å². The van der Waals surface area contributed by atoms with Gasteiger partial charge in [-0.1, -0.05) is 48.5 Å². The first-order valence-corrected chi connectivity index (χ1v) is 29.5. The SMILES string of the molecule is CC(C)(C)OC(=O)N1CCC[C@H]1COc1nc2c(c(N3CCN(C(=O)C(F)(F)F)CC3)n1)CCN(c1cc(O)cc3ccccc13)C2.O=C(N1CCN(c2nc(OC[C@@H]3CCCN3)nc3c2CCN(c2cc(O)cc4ccccc24)C3)CC1)C(F)(F)F.S.S. The van der Waals surface area contributed by atoms with Gasteiger partial charge in [0.2, 0.25) is 0 Å². The number of carbonyl (C=O) groups excluding carboxylic acids is 3. The molecule has 0 radical (unpaired) electrons. The maximum atomic E-state index is 13.1. The number of aromatic nitrogens is 4. The molecular formula is C61H74F6N12O8S2. The number of benzene rings is 4. The normalized spacial score (nSPS) is 18.8. The number of phenolic OH excluding ortho intramolecular Hbond substituents is 2. The Balaban J connectivity index is 0.000000209. The van der Waals surface area contributed by atoms with Crippen LogP contribution in [0.2, 0.25) is 0 Å². The van der Waals surface area contributed by atoms with E-state index in [4.69, 9.17) is 34.1 Å². The largest absolute Gasteiger partial charge is 0.508 e. The van der Waals surface area contributed by atoms with Crippen molar-refractivity contribution in [2.75, 3.05) is 111 Å². The van der Waals surface area contributed by atoms with Crippen molar-refractivity contribution >= 4 is 89.5 Å². The lowest BCUT2D eigenvalue weighted by molar-refractivity contribution is -0.185. The van der Waals surface area contributed by atoms with Crippen molar-refractivity contribution in [1.82, 2.24) is 40.0 Å². The molecule has 0 unspecified atom stereocenters. The number of halogens is 6. The smallest absolute Gasteiger partial charge is 0.471 e. The number of anilines is 4. The summed E-state index contributed by atoms with van der Waals surface area (Å²) in [6.45, 7) is 10.1. The molecule has 6 aliphatic rings. The molecule has 2 atom stereocenters. The van der Waals surface area contributed by atoms with Crippen molar-refractivity contribution in [2.24, 2.45) is 0 Å². The van der Waals surface area contributed by atoms with Gasteiger partial charge in [0.05, 0.1) is 30.5 Å². The minimum Gasteiger partial charge on any atom is -0.508 e. The predicted molar refractivity (Wildman–Crippen MR) is 333 cm³/mol. The highest BCUT2D eigenvalue weighted by atomic mass is 32.1. The number of alkyl halides is 6. The summed E-state index contributed by atoms with van der Waals surface area (Å²) >= 11 is 0. The van der Waals surface area contributed by atoms with Gasteiger partial charge < -0.3 is 64.0 Å². The molecular weight excluding hydrogens is 1210 g/mol. The van der Waals surface area contributed by atoms with Crippen molar-refractivity contribution in [3.8, 4) is 23.5 Å². The number of rotatable bonds is 10. The molecule has 20 nitrogen and oxygen atoms in total. The predicted octanol–water partition coefficient (Wildman–Crippen LogP) is 8.35. The number of nitrogens with zero attached hydrogens (tertiary/aromatic N) is 11. The number of piperazine rings is 2. The zero-order valence-electron chi connectivity index (χ0n) is 49.7. The van der Waals surface area contributed by atoms with Gasteiger partial charge in [0.15, 0.2) is 0 Å². The lowest BCUT2D eigenvalue weighted by atomic mass is 10.0. The molecule has 4 fully saturated rings. The number of carbonyl (C=O) groups is 3. The van der Waals surface area contributed by atoms with Gasteiger partial charge in [0.25, 0.3) is 0 Å². The van der Waals surface area contributed by atoms with E-state index in [0.29, 0.717) is 69.5 Å². The van der Waals surface area contributed by atoms with Crippen LogP contribution in [-0.4, -0.2) is 185 Å². The van der Waals surface area contributed by atoms with Gasteiger partial charge in [-0.05, 0) is 88.7 Å². The molecule has 0 aliphatic carbocycles. The molecule has 12 rings (SSSR count). The standard InChI is InChI=1S/C33H39F3N6O5.C28H31F3N6O3.2H2S/c1-32(2,3)47-31(45)42-11-6-8-22(42)20-46-30-37-26-19-41(27-18-23(43)17-21-7-4-5-9-24(21)27)12-10-25(26)28(38-30)39-13-15-40(16-14-39)29(44)33(34,35)36;29-28(30,31)26(39)36-12-10-35(11-13-36)25-22-7-9-37(24-15-20(38)14-18-4-1-2-6-21(18)24)16-23(22)33-27(34-25)40-17-19-5-3-8-32-19;;/h4-5,7,9,17-18,22,43H,6,8,10-16,19-20H2,1-3H3;1-2,4,6,14-15,19,32,38H,3,5,7-13,16-17H2;2*1H2/t22-;19-;;/m00../s1. The van der Waals surface area contributed by atoms with Gasteiger partial charge in [-0.25, -0.2) is 4.79 Å². The summed E-state index contributed by atoms with van der Waals surface area (Å²) in [7, 11) is 0. The first-order valence-electron chi connectivity index (χ1n) is 29.5. The molecule has 6 aromatic rings. The fraction of sp³-hybridized carbons (Fsp3) is 0.492. The van der Waals surface area contributed by atoms with E-state index in [2.05, 4.69) is 15.1 Å². The quantitative estimate of drug-likeness (QED) is 0.110. The Kier molecular flexibility index (Phi) is 20.2. The van der Waals surface area contributed by atoms with E-state index in [9.17, 15) is 50.9 Å². The minimum atomic E-state index is -4.93. The highest BCUT2D eigenvalue weighted by molar-refractivity contribution is 7.59. The molecule has 3 amide bonds. The first-order chi connectivity index (χ1) is 41.5. The van der Waals surface area contributed by atoms with Crippen molar-refractivity contribution < 1.29 is 65.1 Å². The van der Waals surface area contributed by atoms with E-state index >= 15 is 0 Å². The van der Waals surface area contributed by atoms with Crippen molar-refractivity contribution in [3.05, 3.63) is 95.3 Å². The Morgan fingerprint density at radius 3 is 1.47 bits per heavy atom. The molecule has 0 saturated carbocycles. The second kappa shape index (κ2) is 27.3. The average Bonchev–Trinajstić information content (AvgIpc) is 2.33. The minimum absolute atomic E-state index is 0. The number of fused-ring (bicyclic) bond motifs is 4. The van der Waals surface area contributed by atoms with Crippen LogP contribution in [0.1, 0.15) is 69.0 Å². The summed E-state index contributed by atoms with van der Waals surface area (Å²) in [6, 6.07) is 22.9. The third-order valence-corrected chi connectivity index (χ3v) is 16.6. The lowest BCUT2D eigenvalue weighted by Gasteiger charge is -2.38. The summed E-state index contributed by atoms with van der Waals surface area (Å²) in [4.78, 5) is 67.0. The summed E-state index contributed by atoms with van der Waals surface area (Å²) in [5, 5.41) is 28.1. The third-order valence-electron chi connectivity index (χ3n) is 16.6. The number of nitrogens with one attached hydrogen (secondary N) is 1.